The van der Waals surface area contributed by atoms with Gasteiger partial charge in [0.05, 0.1) is 5.01 Å². The number of nitrogens with zero attached hydrogens (tertiary/aromatic N) is 2. The minimum Gasteiger partial charge on any atom is -0.371 e. The van der Waals surface area contributed by atoms with E-state index in [9.17, 15) is 9.59 Å². The van der Waals surface area contributed by atoms with Gasteiger partial charge in [0.1, 0.15) is 11.2 Å². The van der Waals surface area contributed by atoms with Gasteiger partial charge in [-0.3, -0.25) is 9.59 Å². The summed E-state index contributed by atoms with van der Waals surface area (Å²) in [6.45, 7) is 6.83. The number of carbonyl (C=O) groups is 2. The third-order valence-corrected chi connectivity index (χ3v) is 5.53. The fraction of sp³-hybridized carbons (Fsp3) is 0.450. The van der Waals surface area contributed by atoms with E-state index in [1.165, 1.54) is 11.3 Å². The topological polar surface area (TPSA) is 74.3 Å². The summed E-state index contributed by atoms with van der Waals surface area (Å²) < 4.78 is 0. The van der Waals surface area contributed by atoms with Crippen LogP contribution >= 0.6 is 11.3 Å². The lowest BCUT2D eigenvalue weighted by Gasteiger charge is -2.42. The van der Waals surface area contributed by atoms with Crippen LogP contribution in [0.3, 0.4) is 0 Å². The predicted molar refractivity (Wildman–Crippen MR) is 108 cm³/mol. The van der Waals surface area contributed by atoms with Gasteiger partial charge >= 0.3 is 0 Å². The molecule has 0 atom stereocenters. The third kappa shape index (κ3) is 4.47. The molecule has 1 aliphatic heterocycles. The summed E-state index contributed by atoms with van der Waals surface area (Å²) in [5.74, 6) is -0.0742. The minimum atomic E-state index is -0.722. The number of hydrogen-bond acceptors (Lipinski definition) is 5. The molecule has 0 unspecified atom stereocenters. The second-order valence-corrected chi connectivity index (χ2v) is 8.31. The lowest BCUT2D eigenvalue weighted by atomic mass is 9.85. The van der Waals surface area contributed by atoms with Crippen LogP contribution in [0.25, 0.3) is 0 Å². The quantitative estimate of drug-likeness (QED) is 0.828. The summed E-state index contributed by atoms with van der Waals surface area (Å²) in [5.41, 5.74) is 0.680. The third-order valence-electron chi connectivity index (χ3n) is 4.75. The van der Waals surface area contributed by atoms with E-state index in [0.717, 1.165) is 10.7 Å². The highest BCUT2D eigenvalue weighted by Gasteiger charge is 2.42. The van der Waals surface area contributed by atoms with Crippen molar-refractivity contribution in [1.29, 1.82) is 0 Å². The van der Waals surface area contributed by atoms with Crippen molar-refractivity contribution in [2.24, 2.45) is 0 Å². The number of likely N-dealkylation sites (tertiary alicyclic amines) is 1. The van der Waals surface area contributed by atoms with Gasteiger partial charge in [0.15, 0.2) is 0 Å². The van der Waals surface area contributed by atoms with Gasteiger partial charge in [-0.05, 0) is 45.7 Å². The molecule has 2 N–H and O–H groups in total. The van der Waals surface area contributed by atoms with Crippen LogP contribution in [0.15, 0.2) is 35.7 Å². The number of para-hydroxylation sites is 1. The first kappa shape index (κ1) is 19.4. The lowest BCUT2D eigenvalue weighted by Crippen LogP contribution is -2.60. The van der Waals surface area contributed by atoms with Crippen molar-refractivity contribution in [2.45, 2.75) is 45.2 Å². The van der Waals surface area contributed by atoms with Crippen LogP contribution in [0.4, 0.5) is 5.69 Å². The molecule has 0 radical (unpaired) electrons. The van der Waals surface area contributed by atoms with E-state index in [1.807, 2.05) is 51.1 Å². The molecule has 6 nitrogen and oxygen atoms in total. The summed E-state index contributed by atoms with van der Waals surface area (Å²) in [6.07, 6.45) is 1.10. The zero-order chi connectivity index (χ0) is 19.4. The van der Waals surface area contributed by atoms with Crippen molar-refractivity contribution < 1.29 is 9.59 Å². The maximum atomic E-state index is 13.0. The second kappa shape index (κ2) is 8.08. The smallest absolute Gasteiger partial charge is 0.273 e. The SMILES string of the molecule is Cc1nc(C(=O)N2CCC(Nc3ccccc3)(C(=O)NC(C)C)CC2)cs1. The average molecular weight is 387 g/mol. The standard InChI is InChI=1S/C20H26N4O2S/c1-14(2)21-19(26)20(23-16-7-5-4-6-8-16)9-11-24(12-10-20)18(25)17-13-27-15(3)22-17/h4-8,13-14,23H,9-12H2,1-3H3,(H,21,26). The Kier molecular flexibility index (Phi) is 5.79. The van der Waals surface area contributed by atoms with Gasteiger partial charge in [-0.1, -0.05) is 18.2 Å². The Morgan fingerprint density at radius 1 is 1.19 bits per heavy atom. The predicted octanol–water partition coefficient (Wildman–Crippen LogP) is 3.06. The molecule has 1 saturated heterocycles. The summed E-state index contributed by atoms with van der Waals surface area (Å²) in [5, 5.41) is 9.16. The molecule has 1 aromatic carbocycles. The van der Waals surface area contributed by atoms with Crippen molar-refractivity contribution in [1.82, 2.24) is 15.2 Å². The van der Waals surface area contributed by atoms with E-state index in [0.29, 0.717) is 31.6 Å². The molecule has 0 aliphatic carbocycles. The monoisotopic (exact) mass is 386 g/mol. The van der Waals surface area contributed by atoms with E-state index in [-0.39, 0.29) is 17.9 Å². The Labute approximate surface area is 164 Å². The van der Waals surface area contributed by atoms with Gasteiger partial charge < -0.3 is 15.5 Å². The van der Waals surface area contributed by atoms with Crippen molar-refractivity contribution in [3.05, 3.63) is 46.4 Å². The van der Waals surface area contributed by atoms with E-state index < -0.39 is 5.54 Å². The number of hydrogen-bond donors (Lipinski definition) is 2. The number of aryl methyl sites for hydroxylation is 1. The molecule has 1 aromatic heterocycles. The van der Waals surface area contributed by atoms with E-state index >= 15 is 0 Å². The van der Waals surface area contributed by atoms with Crippen LogP contribution in [0.2, 0.25) is 0 Å². The second-order valence-electron chi connectivity index (χ2n) is 7.25. The molecule has 144 valence electrons. The number of aromatic nitrogens is 1. The first-order valence-corrected chi connectivity index (χ1v) is 10.1. The molecule has 2 amide bonds. The number of anilines is 1. The van der Waals surface area contributed by atoms with Crippen LogP contribution < -0.4 is 10.6 Å². The molecule has 3 rings (SSSR count). The Hall–Kier alpha value is -2.41. The fourth-order valence-corrected chi connectivity index (χ4v) is 3.91. The highest BCUT2D eigenvalue weighted by Crippen LogP contribution is 2.28. The Balaban J connectivity index is 1.75. The van der Waals surface area contributed by atoms with Gasteiger partial charge in [0, 0.05) is 30.2 Å². The van der Waals surface area contributed by atoms with Gasteiger partial charge in [-0.25, -0.2) is 4.98 Å². The molecule has 0 bridgehead atoms. The van der Waals surface area contributed by atoms with Crippen LogP contribution in [0.5, 0.6) is 0 Å². The molecule has 2 heterocycles. The van der Waals surface area contributed by atoms with Crippen LogP contribution in [0.1, 0.15) is 42.2 Å². The van der Waals surface area contributed by atoms with Crippen molar-refractivity contribution in [3.63, 3.8) is 0 Å². The number of thiazole rings is 1. The molecular formula is C20H26N4O2S. The van der Waals surface area contributed by atoms with Gasteiger partial charge in [-0.15, -0.1) is 11.3 Å². The zero-order valence-electron chi connectivity index (χ0n) is 16.0. The molecular weight excluding hydrogens is 360 g/mol. The summed E-state index contributed by atoms with van der Waals surface area (Å²) in [4.78, 5) is 31.8. The molecule has 1 fully saturated rings. The number of piperidine rings is 1. The van der Waals surface area contributed by atoms with Gasteiger partial charge in [-0.2, -0.15) is 0 Å². The zero-order valence-corrected chi connectivity index (χ0v) is 16.8. The first-order valence-electron chi connectivity index (χ1n) is 9.25. The summed E-state index contributed by atoms with van der Waals surface area (Å²) >= 11 is 1.47. The number of nitrogens with one attached hydrogen (secondary N) is 2. The largest absolute Gasteiger partial charge is 0.371 e. The number of rotatable bonds is 5. The molecule has 0 saturated carbocycles. The number of benzene rings is 1. The Morgan fingerprint density at radius 3 is 2.41 bits per heavy atom. The van der Waals surface area contributed by atoms with Crippen molar-refractivity contribution in [3.8, 4) is 0 Å². The van der Waals surface area contributed by atoms with Gasteiger partial charge in [0.2, 0.25) is 5.91 Å². The first-order chi connectivity index (χ1) is 12.9. The maximum Gasteiger partial charge on any atom is 0.273 e. The van der Waals surface area contributed by atoms with Crippen LogP contribution in [-0.2, 0) is 4.79 Å². The molecule has 2 aromatic rings. The Morgan fingerprint density at radius 2 is 1.85 bits per heavy atom. The van der Waals surface area contributed by atoms with E-state index in [1.54, 1.807) is 10.3 Å². The molecule has 0 spiro atoms. The van der Waals surface area contributed by atoms with E-state index in [4.69, 9.17) is 0 Å². The number of amides is 2. The lowest BCUT2D eigenvalue weighted by molar-refractivity contribution is -0.127. The van der Waals surface area contributed by atoms with Crippen LogP contribution in [0, 0.1) is 6.92 Å². The van der Waals surface area contributed by atoms with Crippen molar-refractivity contribution in [2.75, 3.05) is 18.4 Å². The van der Waals surface area contributed by atoms with Crippen LogP contribution in [-0.4, -0.2) is 46.4 Å². The molecule has 1 aliphatic rings. The Bertz CT molecular complexity index is 795. The summed E-state index contributed by atoms with van der Waals surface area (Å²) in [7, 11) is 0. The summed E-state index contributed by atoms with van der Waals surface area (Å²) in [6, 6.07) is 9.81. The molecule has 7 heteroatoms. The highest BCUT2D eigenvalue weighted by atomic mass is 32.1. The minimum absolute atomic E-state index is 0.0158. The maximum absolute atomic E-state index is 13.0. The number of carbonyl (C=O) groups excluding carboxylic acids is 2. The van der Waals surface area contributed by atoms with Crippen molar-refractivity contribution >= 4 is 28.8 Å². The van der Waals surface area contributed by atoms with E-state index in [2.05, 4.69) is 15.6 Å². The molecule has 27 heavy (non-hydrogen) atoms. The average Bonchev–Trinajstić information content (AvgIpc) is 3.08. The normalized spacial score (nSPS) is 16.2. The highest BCUT2D eigenvalue weighted by molar-refractivity contribution is 7.09. The fourth-order valence-electron chi connectivity index (χ4n) is 3.32. The van der Waals surface area contributed by atoms with Gasteiger partial charge in [0.25, 0.3) is 5.91 Å².